The van der Waals surface area contributed by atoms with E-state index in [4.69, 9.17) is 21.1 Å². The third-order valence-electron chi connectivity index (χ3n) is 3.62. The molecule has 0 radical (unpaired) electrons. The van der Waals surface area contributed by atoms with Crippen LogP contribution in [0.15, 0.2) is 23.1 Å². The van der Waals surface area contributed by atoms with Gasteiger partial charge in [-0.2, -0.15) is 0 Å². The zero-order chi connectivity index (χ0) is 17.8. The van der Waals surface area contributed by atoms with Gasteiger partial charge in [0.1, 0.15) is 5.75 Å². The molecule has 0 atom stereocenters. The first-order chi connectivity index (χ1) is 12.0. The lowest BCUT2D eigenvalue weighted by Crippen LogP contribution is -2.43. The predicted octanol–water partition coefficient (Wildman–Crippen LogP) is 1.90. The van der Waals surface area contributed by atoms with E-state index >= 15 is 0 Å². The van der Waals surface area contributed by atoms with Gasteiger partial charge < -0.3 is 14.4 Å². The molecule has 3 rings (SSSR count). The summed E-state index contributed by atoms with van der Waals surface area (Å²) >= 11 is 6.81. The van der Waals surface area contributed by atoms with E-state index in [1.54, 1.807) is 23.1 Å². The Kier molecular flexibility index (Phi) is 5.62. The molecule has 1 aromatic carbocycles. The summed E-state index contributed by atoms with van der Waals surface area (Å²) in [6, 6.07) is 4.87. The largest absolute Gasteiger partial charge is 0.483 e. The van der Waals surface area contributed by atoms with E-state index in [1.165, 1.54) is 6.08 Å². The zero-order valence-corrected chi connectivity index (χ0v) is 14.7. The van der Waals surface area contributed by atoms with Crippen molar-refractivity contribution in [2.75, 3.05) is 32.9 Å². The van der Waals surface area contributed by atoms with Gasteiger partial charge in [0, 0.05) is 23.7 Å². The van der Waals surface area contributed by atoms with Crippen molar-refractivity contribution >= 4 is 46.5 Å². The van der Waals surface area contributed by atoms with Crippen LogP contribution >= 0.6 is 23.4 Å². The Bertz CT molecular complexity index is 746. The maximum Gasteiger partial charge on any atom is 0.290 e. The molecule has 0 bridgehead atoms. The van der Waals surface area contributed by atoms with Crippen LogP contribution in [0.3, 0.4) is 0 Å². The molecular formula is C16H15ClN2O5S. The second-order valence-corrected chi connectivity index (χ2v) is 6.77. The van der Waals surface area contributed by atoms with Crippen LogP contribution in [-0.4, -0.2) is 54.9 Å². The topological polar surface area (TPSA) is 84.9 Å². The molecule has 9 heteroatoms. The van der Waals surface area contributed by atoms with E-state index in [0.717, 1.165) is 11.8 Å². The van der Waals surface area contributed by atoms with Crippen molar-refractivity contribution in [1.82, 2.24) is 10.2 Å². The number of imide groups is 1. The average Bonchev–Trinajstić information content (AvgIpc) is 2.92. The number of hydrogen-bond acceptors (Lipinski definition) is 6. The van der Waals surface area contributed by atoms with Gasteiger partial charge in [-0.05, 0) is 36.0 Å². The number of morpholine rings is 1. The summed E-state index contributed by atoms with van der Waals surface area (Å²) < 4.78 is 10.8. The van der Waals surface area contributed by atoms with E-state index in [9.17, 15) is 14.4 Å². The zero-order valence-electron chi connectivity index (χ0n) is 13.1. The molecule has 2 aliphatic heterocycles. The molecule has 0 aliphatic carbocycles. The predicted molar refractivity (Wildman–Crippen MR) is 93.5 cm³/mol. The molecule has 2 heterocycles. The smallest absolute Gasteiger partial charge is 0.290 e. The normalized spacial score (nSPS) is 19.2. The molecule has 2 fully saturated rings. The van der Waals surface area contributed by atoms with Crippen molar-refractivity contribution in [3.05, 3.63) is 33.7 Å². The van der Waals surface area contributed by atoms with Gasteiger partial charge in [-0.25, -0.2) is 0 Å². The number of amides is 3. The monoisotopic (exact) mass is 382 g/mol. The molecule has 7 nitrogen and oxygen atoms in total. The standard InChI is InChI=1S/C16H15ClN2O5S/c17-11-1-2-12(24-9-14(20)19-3-5-23-6-4-19)10(7-11)8-13-15(21)18-16(22)25-13/h1-2,7-8H,3-6,9H2,(H,18,21,22)/b13-8-. The number of nitrogens with one attached hydrogen (secondary N) is 1. The summed E-state index contributed by atoms with van der Waals surface area (Å²) in [7, 11) is 0. The number of carbonyl (C=O) groups excluding carboxylic acids is 3. The van der Waals surface area contributed by atoms with Crippen molar-refractivity contribution in [3.8, 4) is 5.75 Å². The molecule has 0 saturated carbocycles. The number of thioether (sulfide) groups is 1. The van der Waals surface area contributed by atoms with Gasteiger partial charge >= 0.3 is 0 Å². The first-order valence-corrected chi connectivity index (χ1v) is 8.75. The van der Waals surface area contributed by atoms with E-state index in [1.807, 2.05) is 0 Å². The molecule has 1 N–H and O–H groups in total. The summed E-state index contributed by atoms with van der Waals surface area (Å²) in [5.41, 5.74) is 0.523. The minimum Gasteiger partial charge on any atom is -0.483 e. The van der Waals surface area contributed by atoms with Crippen molar-refractivity contribution in [2.24, 2.45) is 0 Å². The lowest BCUT2D eigenvalue weighted by atomic mass is 10.2. The Morgan fingerprint density at radius 3 is 2.80 bits per heavy atom. The fourth-order valence-electron chi connectivity index (χ4n) is 2.37. The number of carbonyl (C=O) groups is 3. The molecule has 3 amide bonds. The number of nitrogens with zero attached hydrogens (tertiary/aromatic N) is 1. The number of ether oxygens (including phenoxy) is 2. The maximum atomic E-state index is 12.2. The van der Waals surface area contributed by atoms with E-state index in [2.05, 4.69) is 5.32 Å². The van der Waals surface area contributed by atoms with Crippen LogP contribution in [0, 0.1) is 0 Å². The molecular weight excluding hydrogens is 368 g/mol. The molecule has 0 unspecified atom stereocenters. The van der Waals surface area contributed by atoms with E-state index in [-0.39, 0.29) is 17.4 Å². The molecule has 25 heavy (non-hydrogen) atoms. The van der Waals surface area contributed by atoms with Crippen LogP contribution in [0.25, 0.3) is 6.08 Å². The SMILES string of the molecule is O=C1NC(=O)/C(=C/c2cc(Cl)ccc2OCC(=O)N2CCOCC2)S1. The van der Waals surface area contributed by atoms with Gasteiger partial charge in [-0.1, -0.05) is 11.6 Å². The highest BCUT2D eigenvalue weighted by atomic mass is 35.5. The van der Waals surface area contributed by atoms with Gasteiger partial charge in [-0.3, -0.25) is 19.7 Å². The Balaban J connectivity index is 1.73. The first-order valence-electron chi connectivity index (χ1n) is 7.55. The van der Waals surface area contributed by atoms with Gasteiger partial charge in [0.2, 0.25) is 0 Å². The maximum absolute atomic E-state index is 12.2. The quantitative estimate of drug-likeness (QED) is 0.800. The van der Waals surface area contributed by atoms with Crippen LogP contribution in [0.4, 0.5) is 4.79 Å². The summed E-state index contributed by atoms with van der Waals surface area (Å²) in [4.78, 5) is 37.1. The van der Waals surface area contributed by atoms with Crippen LogP contribution < -0.4 is 10.1 Å². The number of benzene rings is 1. The highest BCUT2D eigenvalue weighted by Gasteiger charge is 2.25. The van der Waals surface area contributed by atoms with Crippen molar-refractivity contribution in [2.45, 2.75) is 0 Å². The number of halogens is 1. The minimum atomic E-state index is -0.467. The fraction of sp³-hybridized carbons (Fsp3) is 0.312. The number of rotatable bonds is 4. The van der Waals surface area contributed by atoms with E-state index < -0.39 is 11.1 Å². The third-order valence-corrected chi connectivity index (χ3v) is 4.66. The summed E-state index contributed by atoms with van der Waals surface area (Å²) in [5, 5.41) is 2.21. The van der Waals surface area contributed by atoms with Crippen LogP contribution in [0.2, 0.25) is 5.02 Å². The average molecular weight is 383 g/mol. The lowest BCUT2D eigenvalue weighted by molar-refractivity contribution is -0.137. The minimum absolute atomic E-state index is 0.129. The Hall–Kier alpha value is -2.03. The fourth-order valence-corrected chi connectivity index (χ4v) is 3.22. The molecule has 0 aromatic heterocycles. The van der Waals surface area contributed by atoms with Crippen LogP contribution in [0.5, 0.6) is 5.75 Å². The van der Waals surface area contributed by atoms with Gasteiger partial charge in [0.25, 0.3) is 17.1 Å². The molecule has 132 valence electrons. The second kappa shape index (κ2) is 7.90. The Morgan fingerprint density at radius 1 is 1.36 bits per heavy atom. The van der Waals surface area contributed by atoms with Crippen molar-refractivity contribution < 1.29 is 23.9 Å². The summed E-state index contributed by atoms with van der Waals surface area (Å²) in [6.45, 7) is 1.99. The number of hydrogen-bond donors (Lipinski definition) is 1. The van der Waals surface area contributed by atoms with Crippen LogP contribution in [-0.2, 0) is 14.3 Å². The highest BCUT2D eigenvalue weighted by molar-refractivity contribution is 8.18. The lowest BCUT2D eigenvalue weighted by Gasteiger charge is -2.26. The van der Waals surface area contributed by atoms with Gasteiger partial charge in [0.05, 0.1) is 18.1 Å². The van der Waals surface area contributed by atoms with Crippen molar-refractivity contribution in [3.63, 3.8) is 0 Å². The molecule has 1 aromatic rings. The highest BCUT2D eigenvalue weighted by Crippen LogP contribution is 2.30. The molecule has 0 spiro atoms. The third kappa shape index (κ3) is 4.53. The Labute approximate surface area is 153 Å². The first kappa shape index (κ1) is 17.8. The van der Waals surface area contributed by atoms with Crippen LogP contribution in [0.1, 0.15) is 5.56 Å². The molecule has 2 aliphatic rings. The van der Waals surface area contributed by atoms with E-state index in [0.29, 0.717) is 42.6 Å². The molecule has 2 saturated heterocycles. The van der Waals surface area contributed by atoms with Gasteiger partial charge in [-0.15, -0.1) is 0 Å². The summed E-state index contributed by atoms with van der Waals surface area (Å²) in [5.74, 6) is -0.198. The summed E-state index contributed by atoms with van der Waals surface area (Å²) in [6.07, 6.45) is 1.52. The second-order valence-electron chi connectivity index (χ2n) is 5.32. The van der Waals surface area contributed by atoms with Crippen molar-refractivity contribution in [1.29, 1.82) is 0 Å². The van der Waals surface area contributed by atoms with Gasteiger partial charge in [0.15, 0.2) is 6.61 Å². The Morgan fingerprint density at radius 2 is 2.12 bits per heavy atom.